The summed E-state index contributed by atoms with van der Waals surface area (Å²) in [5.41, 5.74) is 6.38. The maximum Gasteiger partial charge on any atom is 0.122 e. The number of nitrogens with one attached hydrogen (secondary N) is 1. The Balaban J connectivity index is 2.02. The average molecular weight is 371 g/mol. The van der Waals surface area contributed by atoms with Gasteiger partial charge in [-0.25, -0.2) is 0 Å². The van der Waals surface area contributed by atoms with E-state index in [1.165, 1.54) is 0 Å². The number of anilines is 1. The van der Waals surface area contributed by atoms with Crippen LogP contribution in [0.1, 0.15) is 11.1 Å². The summed E-state index contributed by atoms with van der Waals surface area (Å²) < 4.78 is 5.24. The SMILES string of the molecule is COc1cc(Cl)c(Cl)c(NN=C(c2ccccc2)c2ccccc2)c1. The summed E-state index contributed by atoms with van der Waals surface area (Å²) in [4.78, 5) is 0. The van der Waals surface area contributed by atoms with Crippen molar-refractivity contribution in [1.29, 1.82) is 0 Å². The maximum absolute atomic E-state index is 6.28. The minimum absolute atomic E-state index is 0.395. The van der Waals surface area contributed by atoms with Crippen molar-refractivity contribution in [1.82, 2.24) is 0 Å². The lowest BCUT2D eigenvalue weighted by atomic mass is 10.0. The number of nitrogens with zero attached hydrogens (tertiary/aromatic N) is 1. The third kappa shape index (κ3) is 4.13. The monoisotopic (exact) mass is 370 g/mol. The molecule has 0 bridgehead atoms. The van der Waals surface area contributed by atoms with Gasteiger partial charge in [0.05, 0.1) is 28.6 Å². The minimum Gasteiger partial charge on any atom is -0.497 e. The van der Waals surface area contributed by atoms with Crippen LogP contribution in [0.15, 0.2) is 77.9 Å². The van der Waals surface area contributed by atoms with Gasteiger partial charge < -0.3 is 4.74 Å². The molecule has 0 spiro atoms. The normalized spacial score (nSPS) is 10.2. The van der Waals surface area contributed by atoms with Gasteiger partial charge in [0.1, 0.15) is 5.75 Å². The molecule has 1 N–H and O–H groups in total. The number of hydrazone groups is 1. The Morgan fingerprint density at radius 3 is 1.96 bits per heavy atom. The van der Waals surface area contributed by atoms with Crippen LogP contribution < -0.4 is 10.2 Å². The van der Waals surface area contributed by atoms with E-state index < -0.39 is 0 Å². The standard InChI is InChI=1S/C20H16Cl2N2O/c1-25-16-12-17(21)19(22)18(13-16)23-24-20(14-8-4-2-5-9-14)15-10-6-3-7-11-15/h2-13,23H,1H3. The molecule has 0 saturated carbocycles. The Kier molecular flexibility index (Phi) is 5.59. The molecule has 0 fully saturated rings. The van der Waals surface area contributed by atoms with E-state index in [1.54, 1.807) is 19.2 Å². The van der Waals surface area contributed by atoms with Crippen molar-refractivity contribution in [3.8, 4) is 5.75 Å². The highest BCUT2D eigenvalue weighted by molar-refractivity contribution is 6.43. The quantitative estimate of drug-likeness (QED) is 0.450. The number of ether oxygens (including phenoxy) is 1. The molecule has 3 aromatic carbocycles. The summed E-state index contributed by atoms with van der Waals surface area (Å²) in [5.74, 6) is 0.605. The number of methoxy groups -OCH3 is 1. The van der Waals surface area contributed by atoms with Crippen LogP contribution in [0.4, 0.5) is 5.69 Å². The van der Waals surface area contributed by atoms with Gasteiger partial charge in [0.2, 0.25) is 0 Å². The molecule has 0 unspecified atom stereocenters. The molecule has 3 rings (SSSR count). The van der Waals surface area contributed by atoms with Crippen LogP contribution in [-0.2, 0) is 0 Å². The highest BCUT2D eigenvalue weighted by atomic mass is 35.5. The van der Waals surface area contributed by atoms with Gasteiger partial charge in [-0.3, -0.25) is 5.43 Å². The summed E-state index contributed by atoms with van der Waals surface area (Å²) in [5, 5.41) is 5.38. The largest absolute Gasteiger partial charge is 0.497 e. The lowest BCUT2D eigenvalue weighted by Gasteiger charge is -2.11. The van der Waals surface area contributed by atoms with Gasteiger partial charge in [-0.2, -0.15) is 5.10 Å². The maximum atomic E-state index is 6.28. The molecule has 5 heteroatoms. The van der Waals surface area contributed by atoms with Crippen molar-refractivity contribution >= 4 is 34.6 Å². The van der Waals surface area contributed by atoms with E-state index in [-0.39, 0.29) is 0 Å². The first kappa shape index (κ1) is 17.3. The second-order valence-corrected chi connectivity index (χ2v) is 6.06. The number of benzene rings is 3. The van der Waals surface area contributed by atoms with Crippen molar-refractivity contribution < 1.29 is 4.74 Å². The van der Waals surface area contributed by atoms with Gasteiger partial charge in [0.25, 0.3) is 0 Å². The fourth-order valence-corrected chi connectivity index (χ4v) is 2.73. The van der Waals surface area contributed by atoms with Crippen molar-refractivity contribution in [2.75, 3.05) is 12.5 Å². The Labute approximate surface area is 156 Å². The van der Waals surface area contributed by atoms with Gasteiger partial charge in [-0.15, -0.1) is 0 Å². The molecule has 0 radical (unpaired) electrons. The van der Waals surface area contributed by atoms with Crippen LogP contribution in [0, 0.1) is 0 Å². The molecule has 0 atom stereocenters. The highest BCUT2D eigenvalue weighted by Crippen LogP contribution is 2.34. The molecular weight excluding hydrogens is 355 g/mol. The van der Waals surface area contributed by atoms with E-state index >= 15 is 0 Å². The first-order valence-electron chi connectivity index (χ1n) is 7.66. The van der Waals surface area contributed by atoms with E-state index in [1.807, 2.05) is 60.7 Å². The first-order valence-corrected chi connectivity index (χ1v) is 8.42. The van der Waals surface area contributed by atoms with Crippen molar-refractivity contribution in [3.63, 3.8) is 0 Å². The van der Waals surface area contributed by atoms with Gasteiger partial charge in [0.15, 0.2) is 0 Å². The van der Waals surface area contributed by atoms with Crippen LogP contribution in [0.2, 0.25) is 10.0 Å². The second-order valence-electron chi connectivity index (χ2n) is 5.28. The summed E-state index contributed by atoms with van der Waals surface area (Å²) in [6, 6.07) is 23.3. The molecule has 0 aromatic heterocycles. The first-order chi connectivity index (χ1) is 12.2. The molecule has 3 aromatic rings. The van der Waals surface area contributed by atoms with Crippen molar-refractivity contribution in [3.05, 3.63) is 94.0 Å². The van der Waals surface area contributed by atoms with Crippen LogP contribution in [0.25, 0.3) is 0 Å². The molecule has 0 aliphatic carbocycles. The third-order valence-corrected chi connectivity index (χ3v) is 4.42. The predicted molar refractivity (Wildman–Crippen MR) is 105 cm³/mol. The summed E-state index contributed by atoms with van der Waals surface area (Å²) in [7, 11) is 1.58. The minimum atomic E-state index is 0.395. The zero-order valence-electron chi connectivity index (χ0n) is 13.5. The molecule has 0 amide bonds. The van der Waals surface area contributed by atoms with E-state index in [2.05, 4.69) is 10.5 Å². The molecule has 3 nitrogen and oxygen atoms in total. The molecule has 25 heavy (non-hydrogen) atoms. The topological polar surface area (TPSA) is 33.6 Å². The van der Waals surface area contributed by atoms with Crippen molar-refractivity contribution in [2.45, 2.75) is 0 Å². The Bertz CT molecular complexity index is 839. The predicted octanol–water partition coefficient (Wildman–Crippen LogP) is 5.87. The van der Waals surface area contributed by atoms with Crippen LogP contribution in [0.3, 0.4) is 0 Å². The number of hydrogen-bond acceptors (Lipinski definition) is 3. The molecule has 0 heterocycles. The smallest absolute Gasteiger partial charge is 0.122 e. The van der Waals surface area contributed by atoms with Crippen LogP contribution in [0.5, 0.6) is 5.75 Å². The Morgan fingerprint density at radius 1 is 0.880 bits per heavy atom. The molecular formula is C20H16Cl2N2O. The number of halogens is 2. The summed E-state index contributed by atoms with van der Waals surface area (Å²) >= 11 is 12.4. The van der Waals surface area contributed by atoms with E-state index in [0.29, 0.717) is 21.5 Å². The fourth-order valence-electron chi connectivity index (χ4n) is 2.37. The Morgan fingerprint density at radius 2 is 1.44 bits per heavy atom. The zero-order valence-corrected chi connectivity index (χ0v) is 15.1. The van der Waals surface area contributed by atoms with E-state index in [4.69, 9.17) is 27.9 Å². The second kappa shape index (κ2) is 8.06. The van der Waals surface area contributed by atoms with E-state index in [9.17, 15) is 0 Å². The fraction of sp³-hybridized carbons (Fsp3) is 0.0500. The molecule has 126 valence electrons. The molecule has 0 aliphatic heterocycles. The average Bonchev–Trinajstić information content (AvgIpc) is 2.66. The van der Waals surface area contributed by atoms with Crippen molar-refractivity contribution in [2.24, 2.45) is 5.10 Å². The van der Waals surface area contributed by atoms with Gasteiger partial charge in [-0.05, 0) is 0 Å². The summed E-state index contributed by atoms with van der Waals surface area (Å²) in [6.07, 6.45) is 0. The van der Waals surface area contributed by atoms with Gasteiger partial charge in [0, 0.05) is 23.3 Å². The number of rotatable bonds is 5. The van der Waals surface area contributed by atoms with E-state index in [0.717, 1.165) is 16.8 Å². The third-order valence-electron chi connectivity index (χ3n) is 3.62. The van der Waals surface area contributed by atoms with Crippen LogP contribution in [-0.4, -0.2) is 12.8 Å². The summed E-state index contributed by atoms with van der Waals surface area (Å²) in [6.45, 7) is 0. The Hall–Kier alpha value is -2.49. The lowest BCUT2D eigenvalue weighted by Crippen LogP contribution is -2.06. The zero-order chi connectivity index (χ0) is 17.6. The molecule has 0 saturated heterocycles. The molecule has 0 aliphatic rings. The van der Waals surface area contributed by atoms with Gasteiger partial charge >= 0.3 is 0 Å². The number of hydrogen-bond donors (Lipinski definition) is 1. The van der Waals surface area contributed by atoms with Crippen LogP contribution >= 0.6 is 23.2 Å². The van der Waals surface area contributed by atoms with Gasteiger partial charge in [-0.1, -0.05) is 83.9 Å². The lowest BCUT2D eigenvalue weighted by molar-refractivity contribution is 0.415. The highest BCUT2D eigenvalue weighted by Gasteiger charge is 2.10.